The van der Waals surface area contributed by atoms with Crippen molar-refractivity contribution in [1.82, 2.24) is 4.57 Å². The Balaban J connectivity index is 1.38. The maximum atomic E-state index is 13.8. The third-order valence-corrected chi connectivity index (χ3v) is 8.18. The molecule has 4 heterocycles. The number of furan rings is 1. The number of ether oxygens (including phenoxy) is 1. The lowest BCUT2D eigenvalue weighted by Crippen LogP contribution is -2.38. The van der Waals surface area contributed by atoms with Gasteiger partial charge in [-0.2, -0.15) is 0 Å². The summed E-state index contributed by atoms with van der Waals surface area (Å²) in [4.78, 5) is 21.8. The summed E-state index contributed by atoms with van der Waals surface area (Å²) in [5, 5.41) is 0. The first-order chi connectivity index (χ1) is 17.8. The Morgan fingerprint density at radius 3 is 2.61 bits per heavy atom. The lowest BCUT2D eigenvalue weighted by molar-refractivity contribution is 0.120. The number of aromatic nitrogens is 1. The summed E-state index contributed by atoms with van der Waals surface area (Å²) in [6.45, 7) is 3.00. The molecule has 0 unspecified atom stereocenters. The maximum absolute atomic E-state index is 13.8. The molecule has 1 fully saturated rings. The Morgan fingerprint density at radius 2 is 1.75 bits per heavy atom. The summed E-state index contributed by atoms with van der Waals surface area (Å²) < 4.78 is 14.1. The normalized spacial score (nSPS) is 19.5. The first-order valence-corrected chi connectivity index (χ1v) is 13.2. The molecule has 1 saturated heterocycles. The molecule has 0 amide bonds. The maximum Gasteiger partial charge on any atom is 0.271 e. The Kier molecular flexibility index (Phi) is 5.26. The molecule has 1 atom stereocenters. The summed E-state index contributed by atoms with van der Waals surface area (Å²) >= 11 is 1.43. The van der Waals surface area contributed by atoms with Crippen molar-refractivity contribution < 1.29 is 9.15 Å². The monoisotopic (exact) mass is 495 g/mol. The Labute approximate surface area is 212 Å². The number of rotatable bonds is 3. The zero-order valence-electron chi connectivity index (χ0n) is 19.7. The van der Waals surface area contributed by atoms with Gasteiger partial charge in [-0.15, -0.1) is 0 Å². The first kappa shape index (κ1) is 21.6. The Bertz CT molecular complexity index is 1660. The summed E-state index contributed by atoms with van der Waals surface area (Å²) in [7, 11) is 0. The molecule has 7 heteroatoms. The third-order valence-electron chi connectivity index (χ3n) is 7.20. The highest BCUT2D eigenvalue weighted by molar-refractivity contribution is 7.07. The van der Waals surface area contributed by atoms with Crippen LogP contribution in [0.4, 0.5) is 5.88 Å². The fourth-order valence-corrected chi connectivity index (χ4v) is 6.44. The second kappa shape index (κ2) is 8.76. The van der Waals surface area contributed by atoms with Crippen LogP contribution in [0.25, 0.3) is 11.8 Å². The van der Waals surface area contributed by atoms with Crippen molar-refractivity contribution in [2.75, 3.05) is 31.2 Å². The van der Waals surface area contributed by atoms with Crippen LogP contribution in [0.3, 0.4) is 0 Å². The van der Waals surface area contributed by atoms with Gasteiger partial charge in [0, 0.05) is 30.8 Å². The van der Waals surface area contributed by atoms with Crippen molar-refractivity contribution in [3.05, 3.63) is 114 Å². The molecule has 36 heavy (non-hydrogen) atoms. The fraction of sp³-hybridized carbons (Fsp3) is 0.241. The molecular weight excluding hydrogens is 470 g/mol. The van der Waals surface area contributed by atoms with E-state index in [2.05, 4.69) is 41.3 Å². The number of anilines is 1. The number of benzene rings is 2. The van der Waals surface area contributed by atoms with Crippen molar-refractivity contribution in [2.45, 2.75) is 18.9 Å². The number of fused-ring (bicyclic) bond motifs is 3. The number of thiazole rings is 1. The average Bonchev–Trinajstić information content (AvgIpc) is 3.53. The predicted octanol–water partition coefficient (Wildman–Crippen LogP) is 3.75. The van der Waals surface area contributed by atoms with E-state index in [-0.39, 0.29) is 11.6 Å². The molecular formula is C29H25N3O3S. The lowest BCUT2D eigenvalue weighted by atomic mass is 9.83. The van der Waals surface area contributed by atoms with Gasteiger partial charge in [-0.1, -0.05) is 65.9 Å². The highest BCUT2D eigenvalue weighted by Gasteiger charge is 2.32. The van der Waals surface area contributed by atoms with Gasteiger partial charge < -0.3 is 14.1 Å². The molecule has 4 aromatic rings. The van der Waals surface area contributed by atoms with Crippen LogP contribution in [0.15, 0.2) is 86.5 Å². The zero-order valence-corrected chi connectivity index (χ0v) is 20.5. The van der Waals surface area contributed by atoms with Crippen molar-refractivity contribution in [3.63, 3.8) is 0 Å². The van der Waals surface area contributed by atoms with Gasteiger partial charge in [0.2, 0.25) is 0 Å². The minimum Gasteiger partial charge on any atom is -0.441 e. The van der Waals surface area contributed by atoms with Gasteiger partial charge in [0.25, 0.3) is 5.56 Å². The third kappa shape index (κ3) is 3.58. The van der Waals surface area contributed by atoms with Gasteiger partial charge in [0.05, 0.1) is 29.5 Å². The summed E-state index contributed by atoms with van der Waals surface area (Å²) in [5.74, 6) is 1.48. The molecule has 0 bridgehead atoms. The molecule has 6 nitrogen and oxygen atoms in total. The van der Waals surface area contributed by atoms with Gasteiger partial charge in [-0.25, -0.2) is 4.99 Å². The molecule has 3 aliphatic rings. The van der Waals surface area contributed by atoms with E-state index in [0.29, 0.717) is 23.5 Å². The van der Waals surface area contributed by atoms with Gasteiger partial charge >= 0.3 is 0 Å². The van der Waals surface area contributed by atoms with E-state index in [4.69, 9.17) is 14.1 Å². The average molecular weight is 496 g/mol. The molecule has 0 saturated carbocycles. The van der Waals surface area contributed by atoms with Crippen molar-refractivity contribution in [1.29, 1.82) is 0 Å². The van der Waals surface area contributed by atoms with E-state index < -0.39 is 0 Å². The summed E-state index contributed by atoms with van der Waals surface area (Å²) in [6, 6.07) is 22.6. The van der Waals surface area contributed by atoms with Crippen molar-refractivity contribution in [2.24, 2.45) is 4.99 Å². The first-order valence-electron chi connectivity index (χ1n) is 12.4. The Morgan fingerprint density at radius 1 is 0.944 bits per heavy atom. The van der Waals surface area contributed by atoms with E-state index >= 15 is 0 Å². The zero-order chi connectivity index (χ0) is 24.1. The van der Waals surface area contributed by atoms with E-state index in [1.54, 1.807) is 0 Å². The number of allylic oxidation sites excluding steroid dienone is 1. The quantitative estimate of drug-likeness (QED) is 0.435. The molecule has 0 spiro atoms. The fourth-order valence-electron chi connectivity index (χ4n) is 5.46. The molecule has 2 aromatic carbocycles. The highest BCUT2D eigenvalue weighted by Crippen LogP contribution is 2.41. The predicted molar refractivity (Wildman–Crippen MR) is 141 cm³/mol. The summed E-state index contributed by atoms with van der Waals surface area (Å²) in [6.07, 6.45) is 3.70. The van der Waals surface area contributed by atoms with Crippen molar-refractivity contribution in [3.8, 4) is 0 Å². The van der Waals surface area contributed by atoms with Gasteiger partial charge in [-0.05, 0) is 35.6 Å². The van der Waals surface area contributed by atoms with Crippen LogP contribution >= 0.6 is 11.3 Å². The van der Waals surface area contributed by atoms with Crippen LogP contribution in [-0.4, -0.2) is 30.9 Å². The van der Waals surface area contributed by atoms with E-state index in [9.17, 15) is 4.79 Å². The lowest BCUT2D eigenvalue weighted by Gasteiger charge is -2.30. The largest absolute Gasteiger partial charge is 0.441 e. The highest BCUT2D eigenvalue weighted by atomic mass is 32.1. The molecule has 7 rings (SSSR count). The Hall–Kier alpha value is -3.68. The van der Waals surface area contributed by atoms with Crippen LogP contribution < -0.4 is 19.8 Å². The van der Waals surface area contributed by atoms with Crippen LogP contribution in [-0.2, 0) is 11.2 Å². The van der Waals surface area contributed by atoms with Crippen molar-refractivity contribution >= 4 is 29.0 Å². The van der Waals surface area contributed by atoms with Gasteiger partial charge in [-0.3, -0.25) is 9.36 Å². The molecule has 0 radical (unpaired) electrons. The standard InChI is InChI=1S/C29H25N3O3S/c33-28-24(18-21-11-13-25(35-21)31-14-16-34-17-15-31)36-29-30-26-22-9-5-4-6-19(22)10-12-23(26)27(32(28)29)20-7-2-1-3-8-20/h1-9,11,13,18,27H,10,12,14-17H2/b24-18-/t27-/m0/s1. The van der Waals surface area contributed by atoms with Gasteiger partial charge in [0.15, 0.2) is 10.7 Å². The van der Waals surface area contributed by atoms with Crippen LogP contribution in [0.1, 0.15) is 34.9 Å². The summed E-state index contributed by atoms with van der Waals surface area (Å²) in [5.41, 5.74) is 5.81. The van der Waals surface area contributed by atoms with Crippen LogP contribution in [0.2, 0.25) is 0 Å². The second-order valence-corrected chi connectivity index (χ2v) is 10.3. The number of hydrogen-bond acceptors (Lipinski definition) is 6. The molecule has 2 aliphatic heterocycles. The molecule has 1 aliphatic carbocycles. The SMILES string of the molecule is O=c1/c(=C/c2ccc(N3CCOCC3)o2)sc2n1[C@@H](c1ccccc1)C1=C(N=2)c2ccccc2CC1. The van der Waals surface area contributed by atoms with Gasteiger partial charge in [0.1, 0.15) is 5.76 Å². The molecule has 2 aromatic heterocycles. The number of nitrogens with zero attached hydrogens (tertiary/aromatic N) is 3. The number of morpholine rings is 1. The van der Waals surface area contributed by atoms with E-state index in [0.717, 1.165) is 47.9 Å². The molecule has 0 N–H and O–H groups in total. The smallest absolute Gasteiger partial charge is 0.271 e. The van der Waals surface area contributed by atoms with Crippen LogP contribution in [0, 0.1) is 0 Å². The van der Waals surface area contributed by atoms with E-state index in [1.165, 1.54) is 28.0 Å². The molecule has 180 valence electrons. The topological polar surface area (TPSA) is 60.0 Å². The minimum atomic E-state index is -0.159. The number of hydrogen-bond donors (Lipinski definition) is 0. The number of aryl methyl sites for hydroxylation is 1. The second-order valence-electron chi connectivity index (χ2n) is 9.30. The minimum absolute atomic E-state index is 0.0256. The van der Waals surface area contributed by atoms with E-state index in [1.807, 2.05) is 41.0 Å². The van der Waals surface area contributed by atoms with Crippen LogP contribution in [0.5, 0.6) is 0 Å².